The maximum absolute atomic E-state index is 5.57. The molecule has 1 aromatic carbocycles. The summed E-state index contributed by atoms with van der Waals surface area (Å²) in [5.74, 6) is 1.70. The molecule has 0 bridgehead atoms. The first-order valence-electron chi connectivity index (χ1n) is 6.66. The highest BCUT2D eigenvalue weighted by molar-refractivity contribution is 5.36. The molecule has 0 radical (unpaired) electrons. The smallest absolute Gasteiger partial charge is 0.222 e. The number of nitrogens with one attached hydrogen (secondary N) is 1. The minimum atomic E-state index is 0.0777. The molecule has 1 aliphatic heterocycles. The van der Waals surface area contributed by atoms with E-state index in [0.29, 0.717) is 0 Å². The predicted octanol–water partition coefficient (Wildman–Crippen LogP) is 3.02. The molecule has 3 aromatic rings. The molecule has 2 atom stereocenters. The van der Waals surface area contributed by atoms with Crippen LogP contribution in [0.3, 0.4) is 0 Å². The van der Waals surface area contributed by atoms with Gasteiger partial charge in [0.1, 0.15) is 18.1 Å². The normalized spacial score (nSPS) is 21.2. The van der Waals surface area contributed by atoms with Crippen molar-refractivity contribution in [2.75, 3.05) is 5.32 Å². The standard InChI is InChI=1S/C15H14N4O/c1-2-5-11(6-3-1)12-9-13(14-7-4-8-20-14)19-15(18-12)16-10-17-19/h1-8,10,12-13H,9H2,(H,16,17,18)/t12-,13+/m1/s1. The zero-order valence-electron chi connectivity index (χ0n) is 10.8. The summed E-state index contributed by atoms with van der Waals surface area (Å²) >= 11 is 0. The molecule has 0 saturated carbocycles. The number of benzene rings is 1. The van der Waals surface area contributed by atoms with Crippen molar-refractivity contribution in [3.63, 3.8) is 0 Å². The van der Waals surface area contributed by atoms with Gasteiger partial charge in [0.25, 0.3) is 0 Å². The second-order valence-corrected chi connectivity index (χ2v) is 4.90. The van der Waals surface area contributed by atoms with Crippen molar-refractivity contribution < 1.29 is 4.42 Å². The third-order valence-corrected chi connectivity index (χ3v) is 3.70. The lowest BCUT2D eigenvalue weighted by atomic mass is 9.96. The zero-order chi connectivity index (χ0) is 13.4. The number of fused-ring (bicyclic) bond motifs is 1. The second kappa shape index (κ2) is 4.52. The van der Waals surface area contributed by atoms with Crippen LogP contribution in [0, 0.1) is 0 Å². The Balaban J connectivity index is 1.74. The summed E-state index contributed by atoms with van der Waals surface area (Å²) in [5.41, 5.74) is 1.25. The van der Waals surface area contributed by atoms with Gasteiger partial charge >= 0.3 is 0 Å². The van der Waals surface area contributed by atoms with Crippen molar-refractivity contribution in [2.24, 2.45) is 0 Å². The van der Waals surface area contributed by atoms with E-state index >= 15 is 0 Å². The van der Waals surface area contributed by atoms with Gasteiger partial charge in [-0.3, -0.25) is 0 Å². The highest BCUT2D eigenvalue weighted by Gasteiger charge is 2.31. The molecule has 0 amide bonds. The number of furan rings is 1. The summed E-state index contributed by atoms with van der Waals surface area (Å²) in [6.07, 6.45) is 4.16. The molecular weight excluding hydrogens is 252 g/mol. The molecule has 1 aliphatic rings. The molecular formula is C15H14N4O. The van der Waals surface area contributed by atoms with E-state index in [-0.39, 0.29) is 12.1 Å². The van der Waals surface area contributed by atoms with Crippen LogP contribution in [0.2, 0.25) is 0 Å². The summed E-state index contributed by atoms with van der Waals surface area (Å²) in [6, 6.07) is 14.6. The Hall–Kier alpha value is -2.56. The fraction of sp³-hybridized carbons (Fsp3) is 0.200. The van der Waals surface area contributed by atoms with E-state index in [1.807, 2.05) is 22.9 Å². The second-order valence-electron chi connectivity index (χ2n) is 4.90. The van der Waals surface area contributed by atoms with Crippen LogP contribution in [0.1, 0.15) is 29.8 Å². The van der Waals surface area contributed by atoms with Gasteiger partial charge in [0.15, 0.2) is 0 Å². The largest absolute Gasteiger partial charge is 0.467 e. The highest BCUT2D eigenvalue weighted by Crippen LogP contribution is 2.37. The number of rotatable bonds is 2. The summed E-state index contributed by atoms with van der Waals surface area (Å²) in [7, 11) is 0. The van der Waals surface area contributed by atoms with Gasteiger partial charge in [-0.05, 0) is 17.7 Å². The fourth-order valence-electron chi connectivity index (χ4n) is 2.74. The molecule has 0 spiro atoms. The van der Waals surface area contributed by atoms with Crippen molar-refractivity contribution in [2.45, 2.75) is 18.5 Å². The minimum Gasteiger partial charge on any atom is -0.467 e. The maximum atomic E-state index is 5.57. The predicted molar refractivity (Wildman–Crippen MR) is 74.3 cm³/mol. The van der Waals surface area contributed by atoms with Crippen molar-refractivity contribution >= 4 is 5.95 Å². The van der Waals surface area contributed by atoms with E-state index in [2.05, 4.69) is 39.7 Å². The van der Waals surface area contributed by atoms with Crippen molar-refractivity contribution in [1.82, 2.24) is 14.8 Å². The van der Waals surface area contributed by atoms with Gasteiger partial charge in [0.2, 0.25) is 5.95 Å². The lowest BCUT2D eigenvalue weighted by Crippen LogP contribution is -2.27. The van der Waals surface area contributed by atoms with Crippen molar-refractivity contribution in [3.8, 4) is 0 Å². The molecule has 0 fully saturated rings. The number of hydrogen-bond acceptors (Lipinski definition) is 4. The Bertz CT molecular complexity index is 690. The van der Waals surface area contributed by atoms with Gasteiger partial charge in [-0.2, -0.15) is 10.1 Å². The van der Waals surface area contributed by atoms with E-state index < -0.39 is 0 Å². The van der Waals surface area contributed by atoms with Crippen molar-refractivity contribution in [3.05, 3.63) is 66.4 Å². The lowest BCUT2D eigenvalue weighted by molar-refractivity contribution is 0.358. The van der Waals surface area contributed by atoms with Crippen LogP contribution in [0.15, 0.2) is 59.5 Å². The van der Waals surface area contributed by atoms with Crippen LogP contribution in [0.5, 0.6) is 0 Å². The molecule has 4 rings (SSSR count). The van der Waals surface area contributed by atoms with E-state index in [1.54, 1.807) is 12.6 Å². The first-order valence-corrected chi connectivity index (χ1v) is 6.66. The van der Waals surface area contributed by atoms with Crippen molar-refractivity contribution in [1.29, 1.82) is 0 Å². The summed E-state index contributed by atoms with van der Waals surface area (Å²) in [4.78, 5) is 4.29. The van der Waals surface area contributed by atoms with Crippen LogP contribution in [-0.2, 0) is 0 Å². The molecule has 0 unspecified atom stereocenters. The molecule has 1 N–H and O–H groups in total. The maximum Gasteiger partial charge on any atom is 0.222 e. The molecule has 3 heterocycles. The molecule has 0 aliphatic carbocycles. The monoisotopic (exact) mass is 266 g/mol. The average molecular weight is 266 g/mol. The zero-order valence-corrected chi connectivity index (χ0v) is 10.8. The SMILES string of the molecule is c1ccc([C@H]2C[C@@H](c3ccco3)n3ncnc3N2)cc1. The summed E-state index contributed by atoms with van der Waals surface area (Å²) in [6.45, 7) is 0. The van der Waals surface area contributed by atoms with E-state index in [1.165, 1.54) is 5.56 Å². The number of hydrogen-bond donors (Lipinski definition) is 1. The molecule has 5 heteroatoms. The fourth-order valence-corrected chi connectivity index (χ4v) is 2.74. The van der Waals surface area contributed by atoms with Gasteiger partial charge in [-0.1, -0.05) is 30.3 Å². The quantitative estimate of drug-likeness (QED) is 0.774. The first kappa shape index (κ1) is 11.3. The Morgan fingerprint density at radius 2 is 2.05 bits per heavy atom. The van der Waals surface area contributed by atoms with Gasteiger partial charge in [-0.25, -0.2) is 4.68 Å². The number of nitrogens with zero attached hydrogens (tertiary/aromatic N) is 3. The molecule has 0 saturated heterocycles. The minimum absolute atomic E-state index is 0.0777. The number of aromatic nitrogens is 3. The van der Waals surface area contributed by atoms with E-state index in [9.17, 15) is 0 Å². The third kappa shape index (κ3) is 1.79. The molecule has 100 valence electrons. The Morgan fingerprint density at radius 1 is 1.15 bits per heavy atom. The van der Waals surface area contributed by atoms with Gasteiger partial charge in [0.05, 0.1) is 12.3 Å². The summed E-state index contributed by atoms with van der Waals surface area (Å²) in [5, 5.41) is 7.74. The van der Waals surface area contributed by atoms with E-state index in [4.69, 9.17) is 4.42 Å². The topological polar surface area (TPSA) is 55.9 Å². The van der Waals surface area contributed by atoms with E-state index in [0.717, 1.165) is 18.1 Å². The molecule has 5 nitrogen and oxygen atoms in total. The first-order chi connectivity index (χ1) is 9.92. The third-order valence-electron chi connectivity index (χ3n) is 3.70. The van der Waals surface area contributed by atoms with Crippen LogP contribution < -0.4 is 5.32 Å². The van der Waals surface area contributed by atoms with Gasteiger partial charge in [-0.15, -0.1) is 0 Å². The average Bonchev–Trinajstić information content (AvgIpc) is 3.18. The Kier molecular flexibility index (Phi) is 2.55. The van der Waals surface area contributed by atoms with Crippen LogP contribution in [0.4, 0.5) is 5.95 Å². The van der Waals surface area contributed by atoms with Crippen LogP contribution in [-0.4, -0.2) is 14.8 Å². The van der Waals surface area contributed by atoms with Crippen LogP contribution in [0.25, 0.3) is 0 Å². The molecule has 20 heavy (non-hydrogen) atoms. The van der Waals surface area contributed by atoms with Gasteiger partial charge in [0, 0.05) is 6.42 Å². The Labute approximate surface area is 116 Å². The Morgan fingerprint density at radius 3 is 2.85 bits per heavy atom. The lowest BCUT2D eigenvalue weighted by Gasteiger charge is -2.30. The molecule has 2 aromatic heterocycles. The van der Waals surface area contributed by atoms with Gasteiger partial charge < -0.3 is 9.73 Å². The highest BCUT2D eigenvalue weighted by atomic mass is 16.3. The number of anilines is 1. The summed E-state index contributed by atoms with van der Waals surface area (Å²) < 4.78 is 7.45. The van der Waals surface area contributed by atoms with Crippen LogP contribution >= 0.6 is 0 Å².